The number of piperidine rings is 1. The van der Waals surface area contributed by atoms with Crippen LogP contribution in [0.2, 0.25) is 5.02 Å². The number of carboxylic acid groups (broad SMARTS) is 1. The van der Waals surface area contributed by atoms with Gasteiger partial charge >= 0.3 is 5.97 Å². The lowest BCUT2D eigenvalue weighted by molar-refractivity contribution is -0.144. The van der Waals surface area contributed by atoms with Crippen molar-refractivity contribution in [2.45, 2.75) is 69.7 Å². The van der Waals surface area contributed by atoms with Crippen molar-refractivity contribution in [3.63, 3.8) is 0 Å². The van der Waals surface area contributed by atoms with Crippen molar-refractivity contribution in [2.75, 3.05) is 32.7 Å². The Labute approximate surface area is 232 Å². The Morgan fingerprint density at radius 1 is 1.03 bits per heavy atom. The normalized spacial score (nSPS) is 24.4. The molecule has 0 amide bonds. The van der Waals surface area contributed by atoms with Crippen LogP contribution in [0.5, 0.6) is 0 Å². The van der Waals surface area contributed by atoms with E-state index in [-0.39, 0.29) is 11.9 Å². The molecule has 6 heteroatoms. The van der Waals surface area contributed by atoms with Crippen molar-refractivity contribution in [1.82, 2.24) is 9.80 Å². The van der Waals surface area contributed by atoms with Crippen molar-refractivity contribution >= 4 is 17.6 Å². The molecule has 206 valence electrons. The molecule has 0 spiro atoms. The predicted molar refractivity (Wildman–Crippen MR) is 151 cm³/mol. The molecule has 2 saturated heterocycles. The third-order valence-corrected chi connectivity index (χ3v) is 9.83. The summed E-state index contributed by atoms with van der Waals surface area (Å²) in [6, 6.07) is 15.1. The van der Waals surface area contributed by atoms with Gasteiger partial charge in [0, 0.05) is 30.6 Å². The van der Waals surface area contributed by atoms with Gasteiger partial charge in [0.25, 0.3) is 0 Å². The zero-order valence-electron chi connectivity index (χ0n) is 22.4. The maximum atomic E-state index is 13.3. The van der Waals surface area contributed by atoms with Gasteiger partial charge in [-0.2, -0.15) is 0 Å². The standard InChI is InChI=1S/C32H42ClFN2O2/c33-30-19-28(34)13-12-26(30)11-5-6-23-14-16-35(17-15-23)20-27-21-36(22-29(27)25-9-2-1-3-10-25)31(32(37)38)18-24-7-4-8-24/h1-3,9-10,12-13,19,23-24,27,29,31H,4-8,11,14-18,20-22H2,(H,37,38)/t27-,29+,31+/m0/s1. The summed E-state index contributed by atoms with van der Waals surface area (Å²) in [7, 11) is 0. The fourth-order valence-corrected chi connectivity index (χ4v) is 7.23. The molecular formula is C32H42ClFN2O2. The van der Waals surface area contributed by atoms with Crippen LogP contribution < -0.4 is 0 Å². The molecule has 0 radical (unpaired) electrons. The van der Waals surface area contributed by atoms with Gasteiger partial charge in [-0.05, 0) is 86.2 Å². The first kappa shape index (κ1) is 27.6. The molecule has 3 fully saturated rings. The number of carbonyl (C=O) groups is 1. The largest absolute Gasteiger partial charge is 0.480 e. The first-order chi connectivity index (χ1) is 18.5. The van der Waals surface area contributed by atoms with Crippen LogP contribution in [0.25, 0.3) is 0 Å². The second-order valence-corrected chi connectivity index (χ2v) is 12.4. The van der Waals surface area contributed by atoms with E-state index in [1.54, 1.807) is 0 Å². The third-order valence-electron chi connectivity index (χ3n) is 9.48. The Balaban J connectivity index is 1.14. The minimum atomic E-state index is -0.646. The van der Waals surface area contributed by atoms with E-state index in [4.69, 9.17) is 11.6 Å². The molecule has 3 aliphatic rings. The number of likely N-dealkylation sites (tertiary alicyclic amines) is 2. The molecule has 38 heavy (non-hydrogen) atoms. The van der Waals surface area contributed by atoms with Gasteiger partial charge in [0.05, 0.1) is 0 Å². The average molecular weight is 541 g/mol. The molecule has 2 aromatic carbocycles. The van der Waals surface area contributed by atoms with Crippen molar-refractivity contribution in [3.8, 4) is 0 Å². The Hall–Kier alpha value is -1.95. The van der Waals surface area contributed by atoms with Gasteiger partial charge < -0.3 is 10.0 Å². The summed E-state index contributed by atoms with van der Waals surface area (Å²) in [5.41, 5.74) is 2.39. The first-order valence-corrected chi connectivity index (χ1v) is 15.0. The topological polar surface area (TPSA) is 43.8 Å². The lowest BCUT2D eigenvalue weighted by atomic mass is 9.80. The van der Waals surface area contributed by atoms with Crippen LogP contribution in [0.3, 0.4) is 0 Å². The molecular weight excluding hydrogens is 499 g/mol. The molecule has 0 unspecified atom stereocenters. The molecule has 2 aromatic rings. The number of hydrogen-bond acceptors (Lipinski definition) is 3. The number of aliphatic carboxylic acids is 1. The maximum Gasteiger partial charge on any atom is 0.320 e. The summed E-state index contributed by atoms with van der Waals surface area (Å²) in [6.07, 6.45) is 10.0. The van der Waals surface area contributed by atoms with E-state index in [9.17, 15) is 14.3 Å². The van der Waals surface area contributed by atoms with Gasteiger partial charge in [0.15, 0.2) is 0 Å². The minimum Gasteiger partial charge on any atom is -0.480 e. The second-order valence-electron chi connectivity index (χ2n) is 12.0. The lowest BCUT2D eigenvalue weighted by Crippen LogP contribution is -2.43. The van der Waals surface area contributed by atoms with Crippen LogP contribution in [0.15, 0.2) is 48.5 Å². The van der Waals surface area contributed by atoms with Crippen LogP contribution in [-0.4, -0.2) is 59.6 Å². The highest BCUT2D eigenvalue weighted by Gasteiger charge is 2.41. The monoisotopic (exact) mass is 540 g/mol. The van der Waals surface area contributed by atoms with Gasteiger partial charge in [0.2, 0.25) is 0 Å². The Kier molecular flexibility index (Phi) is 9.40. The summed E-state index contributed by atoms with van der Waals surface area (Å²) in [5, 5.41) is 10.6. The highest BCUT2D eigenvalue weighted by Crippen LogP contribution is 2.38. The fraction of sp³-hybridized carbons (Fsp3) is 0.594. The van der Waals surface area contributed by atoms with E-state index in [1.807, 2.05) is 6.07 Å². The summed E-state index contributed by atoms with van der Waals surface area (Å²) in [5.74, 6) is 1.24. The van der Waals surface area contributed by atoms with E-state index in [2.05, 4.69) is 40.1 Å². The highest BCUT2D eigenvalue weighted by atomic mass is 35.5. The van der Waals surface area contributed by atoms with E-state index >= 15 is 0 Å². The molecule has 1 N–H and O–H groups in total. The molecule has 4 nitrogen and oxygen atoms in total. The van der Waals surface area contributed by atoms with Crippen molar-refractivity contribution < 1.29 is 14.3 Å². The van der Waals surface area contributed by atoms with Gasteiger partial charge in [-0.3, -0.25) is 9.69 Å². The molecule has 2 heterocycles. The van der Waals surface area contributed by atoms with Gasteiger partial charge in [-0.15, -0.1) is 0 Å². The number of carboxylic acids is 1. The van der Waals surface area contributed by atoms with E-state index < -0.39 is 5.97 Å². The van der Waals surface area contributed by atoms with E-state index in [0.29, 0.717) is 22.8 Å². The smallest absolute Gasteiger partial charge is 0.320 e. The molecule has 1 saturated carbocycles. The zero-order chi connectivity index (χ0) is 26.5. The van der Waals surface area contributed by atoms with Crippen molar-refractivity contribution in [1.29, 1.82) is 0 Å². The SMILES string of the molecule is O=C(O)[C@@H](CC1CCC1)N1C[C@H](CN2CCC(CCCc3ccc(F)cc3Cl)CC2)[C@@H](c2ccccc2)C1. The van der Waals surface area contributed by atoms with Crippen LogP contribution in [0.1, 0.15) is 68.4 Å². The number of benzene rings is 2. The second kappa shape index (κ2) is 12.9. The summed E-state index contributed by atoms with van der Waals surface area (Å²) in [6.45, 7) is 5.00. The van der Waals surface area contributed by atoms with Crippen molar-refractivity contribution in [2.24, 2.45) is 17.8 Å². The number of aryl methyl sites for hydroxylation is 1. The van der Waals surface area contributed by atoms with E-state index in [0.717, 1.165) is 63.5 Å². The predicted octanol–water partition coefficient (Wildman–Crippen LogP) is 6.87. The minimum absolute atomic E-state index is 0.275. The molecule has 0 bridgehead atoms. The van der Waals surface area contributed by atoms with Crippen LogP contribution >= 0.6 is 11.6 Å². The Bertz CT molecular complexity index is 1050. The number of nitrogens with zero attached hydrogens (tertiary/aromatic N) is 2. The Morgan fingerprint density at radius 3 is 2.45 bits per heavy atom. The molecule has 0 aromatic heterocycles. The summed E-state index contributed by atoms with van der Waals surface area (Å²) >= 11 is 6.21. The maximum absolute atomic E-state index is 13.3. The van der Waals surface area contributed by atoms with Gasteiger partial charge in [0.1, 0.15) is 11.9 Å². The number of rotatable bonds is 11. The summed E-state index contributed by atoms with van der Waals surface area (Å²) in [4.78, 5) is 17.2. The van der Waals surface area contributed by atoms with Crippen molar-refractivity contribution in [3.05, 3.63) is 70.5 Å². The highest BCUT2D eigenvalue weighted by molar-refractivity contribution is 6.31. The van der Waals surface area contributed by atoms with Gasteiger partial charge in [-0.25, -0.2) is 4.39 Å². The van der Waals surface area contributed by atoms with E-state index in [1.165, 1.54) is 56.2 Å². The van der Waals surface area contributed by atoms with Crippen LogP contribution in [0.4, 0.5) is 4.39 Å². The summed E-state index contributed by atoms with van der Waals surface area (Å²) < 4.78 is 13.3. The molecule has 3 atom stereocenters. The molecule has 5 rings (SSSR count). The molecule has 1 aliphatic carbocycles. The molecule has 2 aliphatic heterocycles. The van der Waals surface area contributed by atoms with Crippen LogP contribution in [-0.2, 0) is 11.2 Å². The average Bonchev–Trinajstić information content (AvgIpc) is 3.29. The fourth-order valence-electron chi connectivity index (χ4n) is 6.97. The lowest BCUT2D eigenvalue weighted by Gasteiger charge is -2.35. The zero-order valence-corrected chi connectivity index (χ0v) is 23.2. The first-order valence-electron chi connectivity index (χ1n) is 14.6. The van der Waals surface area contributed by atoms with Gasteiger partial charge in [-0.1, -0.05) is 73.7 Å². The quantitative estimate of drug-likeness (QED) is 0.337. The third kappa shape index (κ3) is 6.97. The Morgan fingerprint density at radius 2 is 1.79 bits per heavy atom. The number of halogens is 2. The van der Waals surface area contributed by atoms with Crippen LogP contribution in [0, 0.1) is 23.6 Å². The number of hydrogen-bond donors (Lipinski definition) is 1.